The van der Waals surface area contributed by atoms with Gasteiger partial charge in [-0.25, -0.2) is 18.6 Å². The summed E-state index contributed by atoms with van der Waals surface area (Å²) in [4.78, 5) is 27.7. The fourth-order valence-corrected chi connectivity index (χ4v) is 6.67. The Morgan fingerprint density at radius 1 is 1.25 bits per heavy atom. The molecule has 0 saturated carbocycles. The number of nitriles is 1. The number of fused-ring (bicyclic) bond motifs is 4. The SMILES string of the molecule is CO[C@H]1C[C@@H](COc2ncc3c4c(c(-c5ncc(F)c6sc(NC(=O)OC(C)(C)C)c(C#N)c56)c(F)c3n2)COC4)N(C)C1. The van der Waals surface area contributed by atoms with Gasteiger partial charge in [0.1, 0.15) is 28.8 Å². The second-order valence-corrected chi connectivity index (χ2v) is 12.8. The number of thiophene rings is 1. The van der Waals surface area contributed by atoms with Crippen LogP contribution < -0.4 is 10.1 Å². The average Bonchev–Trinajstić information content (AvgIpc) is 3.69. The van der Waals surface area contributed by atoms with Gasteiger partial charge in [0.2, 0.25) is 0 Å². The van der Waals surface area contributed by atoms with Crippen LogP contribution in [0.5, 0.6) is 6.01 Å². The molecule has 1 saturated heterocycles. The highest BCUT2D eigenvalue weighted by Gasteiger charge is 2.32. The van der Waals surface area contributed by atoms with Crippen molar-refractivity contribution in [3.63, 3.8) is 0 Å². The van der Waals surface area contributed by atoms with Gasteiger partial charge in [0.25, 0.3) is 0 Å². The van der Waals surface area contributed by atoms with E-state index in [9.17, 15) is 10.1 Å². The monoisotopic (exact) mass is 624 g/mol. The molecule has 1 aromatic carbocycles. The maximum absolute atomic E-state index is 16.6. The Morgan fingerprint density at radius 2 is 2.02 bits per heavy atom. The van der Waals surface area contributed by atoms with E-state index in [1.807, 2.05) is 13.1 Å². The van der Waals surface area contributed by atoms with Crippen molar-refractivity contribution in [1.82, 2.24) is 19.9 Å². The van der Waals surface area contributed by atoms with Crippen molar-refractivity contribution in [2.45, 2.75) is 58.2 Å². The van der Waals surface area contributed by atoms with Crippen LogP contribution in [0.3, 0.4) is 0 Å². The molecule has 5 heterocycles. The number of aromatic nitrogens is 3. The summed E-state index contributed by atoms with van der Waals surface area (Å²) in [5.41, 5.74) is 0.368. The number of halogens is 2. The van der Waals surface area contributed by atoms with E-state index in [0.29, 0.717) is 23.1 Å². The molecule has 0 unspecified atom stereocenters. The number of hydrogen-bond acceptors (Lipinski definition) is 11. The Labute approximate surface area is 255 Å². The molecule has 1 amide bonds. The number of carbonyl (C=O) groups is 1. The number of carbonyl (C=O) groups excluding carboxylic acids is 1. The number of methoxy groups -OCH3 is 1. The third-order valence-corrected chi connectivity index (χ3v) is 8.81. The Kier molecular flexibility index (Phi) is 7.83. The summed E-state index contributed by atoms with van der Waals surface area (Å²) in [7, 11) is 3.66. The first kappa shape index (κ1) is 30.0. The number of likely N-dealkylation sites (tertiary alicyclic amines) is 1. The summed E-state index contributed by atoms with van der Waals surface area (Å²) in [5.74, 6) is -1.45. The van der Waals surface area contributed by atoms with Gasteiger partial charge in [0, 0.05) is 42.2 Å². The highest BCUT2D eigenvalue weighted by Crippen LogP contribution is 2.45. The predicted octanol–water partition coefficient (Wildman–Crippen LogP) is 5.53. The lowest BCUT2D eigenvalue weighted by molar-refractivity contribution is 0.0636. The molecule has 2 aliphatic rings. The number of amides is 1. The lowest BCUT2D eigenvalue weighted by Gasteiger charge is -2.19. The van der Waals surface area contributed by atoms with Gasteiger partial charge in [0.15, 0.2) is 11.6 Å². The molecule has 0 aliphatic carbocycles. The van der Waals surface area contributed by atoms with E-state index in [2.05, 4.69) is 25.2 Å². The Bertz CT molecular complexity index is 1840. The molecule has 44 heavy (non-hydrogen) atoms. The molecule has 3 aromatic heterocycles. The highest BCUT2D eigenvalue weighted by molar-refractivity contribution is 7.23. The number of rotatable bonds is 6. The lowest BCUT2D eigenvalue weighted by Crippen LogP contribution is -2.31. The minimum Gasteiger partial charge on any atom is -0.462 e. The Hall–Kier alpha value is -4.03. The summed E-state index contributed by atoms with van der Waals surface area (Å²) in [5, 5.41) is 13.3. The van der Waals surface area contributed by atoms with Crippen molar-refractivity contribution in [3.05, 3.63) is 40.7 Å². The van der Waals surface area contributed by atoms with E-state index in [4.69, 9.17) is 18.9 Å². The zero-order valence-electron chi connectivity index (χ0n) is 24.8. The summed E-state index contributed by atoms with van der Waals surface area (Å²) in [6.45, 7) is 6.39. The molecule has 1 fully saturated rings. The fraction of sp³-hybridized carbons (Fsp3) is 0.433. The Morgan fingerprint density at radius 3 is 2.73 bits per heavy atom. The van der Waals surface area contributed by atoms with Crippen LogP contribution in [-0.4, -0.2) is 71.0 Å². The number of benzene rings is 1. The van der Waals surface area contributed by atoms with Gasteiger partial charge in [-0.3, -0.25) is 15.2 Å². The number of anilines is 1. The summed E-state index contributed by atoms with van der Waals surface area (Å²) < 4.78 is 54.2. The summed E-state index contributed by atoms with van der Waals surface area (Å²) in [6, 6.07) is 2.12. The van der Waals surface area contributed by atoms with Crippen molar-refractivity contribution in [2.75, 3.05) is 32.6 Å². The van der Waals surface area contributed by atoms with Crippen LogP contribution in [0.1, 0.15) is 43.9 Å². The number of pyridine rings is 1. The number of ether oxygens (including phenoxy) is 4. The van der Waals surface area contributed by atoms with E-state index in [1.165, 1.54) is 6.20 Å². The zero-order valence-corrected chi connectivity index (χ0v) is 25.6. The fourth-order valence-electron chi connectivity index (χ4n) is 5.63. The zero-order chi connectivity index (χ0) is 31.3. The maximum atomic E-state index is 16.6. The van der Waals surface area contributed by atoms with Crippen LogP contribution in [0.4, 0.5) is 18.6 Å². The number of nitrogens with zero attached hydrogens (tertiary/aromatic N) is 5. The second kappa shape index (κ2) is 11.5. The first-order valence-electron chi connectivity index (χ1n) is 13.9. The smallest absolute Gasteiger partial charge is 0.412 e. The van der Waals surface area contributed by atoms with Gasteiger partial charge in [-0.15, -0.1) is 11.3 Å². The average molecular weight is 625 g/mol. The summed E-state index contributed by atoms with van der Waals surface area (Å²) >= 11 is 0.842. The van der Waals surface area contributed by atoms with Gasteiger partial charge < -0.3 is 18.9 Å². The minimum absolute atomic E-state index is 0.00443. The van der Waals surface area contributed by atoms with Crippen LogP contribution in [-0.2, 0) is 27.4 Å². The number of likely N-dealkylation sites (N-methyl/N-ethyl adjacent to an activating group) is 1. The molecule has 0 bridgehead atoms. The number of nitrogens with one attached hydrogen (secondary N) is 1. The number of hydrogen-bond donors (Lipinski definition) is 1. The van der Waals surface area contributed by atoms with Crippen molar-refractivity contribution >= 4 is 43.4 Å². The van der Waals surface area contributed by atoms with Gasteiger partial charge in [-0.2, -0.15) is 10.2 Å². The largest absolute Gasteiger partial charge is 0.462 e. The molecule has 14 heteroatoms. The van der Waals surface area contributed by atoms with Crippen molar-refractivity contribution in [1.29, 1.82) is 5.26 Å². The van der Waals surface area contributed by atoms with Crippen LogP contribution in [0.2, 0.25) is 0 Å². The first-order valence-corrected chi connectivity index (χ1v) is 14.8. The van der Waals surface area contributed by atoms with Crippen molar-refractivity contribution in [3.8, 4) is 23.3 Å². The van der Waals surface area contributed by atoms with Crippen molar-refractivity contribution < 1.29 is 32.5 Å². The molecule has 2 atom stereocenters. The quantitative estimate of drug-likeness (QED) is 0.292. The molecule has 2 aliphatic heterocycles. The first-order chi connectivity index (χ1) is 21.0. The van der Waals surface area contributed by atoms with E-state index >= 15 is 8.78 Å². The molecular formula is C30H30F2N6O5S. The summed E-state index contributed by atoms with van der Waals surface area (Å²) in [6.07, 6.45) is 2.55. The standard InChI is InChI=1S/C30H30F2N6O5S/c1-30(2,3)43-29(39)37-27-16(7-33)22-25(34-9-20(31)26(22)44-27)21-19-13-41-12-18(19)17-8-35-28(36-24(17)23(21)32)42-11-14-6-15(40-5)10-38(14)4/h8-9,14-15H,6,10-13H2,1-5H3,(H,37,39)/t14-,15-/m0/s1. The van der Waals surface area contributed by atoms with E-state index in [1.54, 1.807) is 27.9 Å². The van der Waals surface area contributed by atoms with E-state index in [-0.39, 0.29) is 68.8 Å². The molecule has 6 rings (SSSR count). The Balaban J connectivity index is 1.45. The van der Waals surface area contributed by atoms with Crippen molar-refractivity contribution in [2.24, 2.45) is 0 Å². The topological polar surface area (TPSA) is 132 Å². The molecule has 4 aromatic rings. The van der Waals surface area contributed by atoms with Gasteiger partial charge in [-0.05, 0) is 45.4 Å². The van der Waals surface area contributed by atoms with Crippen LogP contribution in [0.15, 0.2) is 12.4 Å². The third kappa shape index (κ3) is 5.41. The third-order valence-electron chi connectivity index (χ3n) is 7.70. The normalized spacial score (nSPS) is 18.5. The van der Waals surface area contributed by atoms with Gasteiger partial charge in [0.05, 0.1) is 41.5 Å². The van der Waals surface area contributed by atoms with Crippen LogP contribution in [0, 0.1) is 23.0 Å². The molecule has 0 radical (unpaired) electrons. The van der Waals surface area contributed by atoms with E-state index in [0.717, 1.165) is 30.5 Å². The van der Waals surface area contributed by atoms with Crippen LogP contribution >= 0.6 is 11.3 Å². The highest BCUT2D eigenvalue weighted by atomic mass is 32.1. The predicted molar refractivity (Wildman–Crippen MR) is 158 cm³/mol. The maximum Gasteiger partial charge on any atom is 0.412 e. The molecule has 230 valence electrons. The van der Waals surface area contributed by atoms with Gasteiger partial charge in [-0.1, -0.05) is 0 Å². The van der Waals surface area contributed by atoms with E-state index < -0.39 is 23.3 Å². The van der Waals surface area contributed by atoms with Gasteiger partial charge >= 0.3 is 12.1 Å². The molecular weight excluding hydrogens is 594 g/mol. The second-order valence-electron chi connectivity index (χ2n) is 11.8. The molecule has 11 nitrogen and oxygen atoms in total. The van der Waals surface area contributed by atoms with Crippen LogP contribution in [0.25, 0.3) is 32.2 Å². The molecule has 1 N–H and O–H groups in total. The lowest BCUT2D eigenvalue weighted by atomic mass is 9.94. The minimum atomic E-state index is -0.813. The molecule has 0 spiro atoms.